The molecule has 23 heavy (non-hydrogen) atoms. The topological polar surface area (TPSA) is 73.7 Å². The SMILES string of the molecule is CCOC(=O)CCCO/N=C(/c1ccccc1)c1ncccn1. The minimum atomic E-state index is -0.227. The fourth-order valence-electron chi connectivity index (χ4n) is 1.86. The van der Waals surface area contributed by atoms with Crippen molar-refractivity contribution < 1.29 is 14.4 Å². The Balaban J connectivity index is 1.99. The third-order valence-corrected chi connectivity index (χ3v) is 2.90. The molecular weight excluding hydrogens is 294 g/mol. The molecule has 1 heterocycles. The Kier molecular flexibility index (Phi) is 6.71. The van der Waals surface area contributed by atoms with E-state index in [1.54, 1.807) is 25.4 Å². The van der Waals surface area contributed by atoms with E-state index in [0.29, 0.717) is 37.6 Å². The molecule has 1 aromatic heterocycles. The molecule has 0 radical (unpaired) electrons. The summed E-state index contributed by atoms with van der Waals surface area (Å²) in [6.07, 6.45) is 4.16. The van der Waals surface area contributed by atoms with Crippen LogP contribution >= 0.6 is 0 Å². The second-order valence-electron chi connectivity index (χ2n) is 4.62. The van der Waals surface area contributed by atoms with Crippen LogP contribution < -0.4 is 0 Å². The van der Waals surface area contributed by atoms with Crippen molar-refractivity contribution in [2.75, 3.05) is 13.2 Å². The van der Waals surface area contributed by atoms with Gasteiger partial charge in [0.1, 0.15) is 6.61 Å². The lowest BCUT2D eigenvalue weighted by molar-refractivity contribution is -0.143. The fourth-order valence-corrected chi connectivity index (χ4v) is 1.86. The molecule has 0 bridgehead atoms. The van der Waals surface area contributed by atoms with E-state index in [9.17, 15) is 4.79 Å². The Hall–Kier alpha value is -2.76. The molecule has 0 aliphatic heterocycles. The van der Waals surface area contributed by atoms with Crippen LogP contribution in [0.15, 0.2) is 53.9 Å². The molecule has 6 heteroatoms. The van der Waals surface area contributed by atoms with Gasteiger partial charge >= 0.3 is 5.97 Å². The third-order valence-electron chi connectivity index (χ3n) is 2.90. The van der Waals surface area contributed by atoms with Crippen LogP contribution in [0.4, 0.5) is 0 Å². The maximum absolute atomic E-state index is 11.2. The van der Waals surface area contributed by atoms with E-state index in [-0.39, 0.29) is 5.97 Å². The molecule has 0 saturated heterocycles. The highest BCUT2D eigenvalue weighted by molar-refractivity contribution is 6.10. The molecule has 0 aliphatic rings. The van der Waals surface area contributed by atoms with E-state index in [0.717, 1.165) is 5.56 Å². The van der Waals surface area contributed by atoms with E-state index in [1.807, 2.05) is 30.3 Å². The maximum Gasteiger partial charge on any atom is 0.305 e. The van der Waals surface area contributed by atoms with E-state index in [2.05, 4.69) is 15.1 Å². The lowest BCUT2D eigenvalue weighted by Gasteiger charge is -2.06. The van der Waals surface area contributed by atoms with Crippen molar-refractivity contribution in [1.82, 2.24) is 9.97 Å². The van der Waals surface area contributed by atoms with Gasteiger partial charge in [0.2, 0.25) is 0 Å². The van der Waals surface area contributed by atoms with Crippen molar-refractivity contribution in [1.29, 1.82) is 0 Å². The summed E-state index contributed by atoms with van der Waals surface area (Å²) in [6.45, 7) is 2.49. The number of hydrogen-bond donors (Lipinski definition) is 0. The Labute approximate surface area is 135 Å². The summed E-state index contributed by atoms with van der Waals surface area (Å²) in [5.41, 5.74) is 1.42. The van der Waals surface area contributed by atoms with Crippen molar-refractivity contribution in [3.05, 3.63) is 60.2 Å². The highest BCUT2D eigenvalue weighted by Gasteiger charge is 2.10. The molecule has 0 fully saturated rings. The lowest BCUT2D eigenvalue weighted by atomic mass is 10.1. The van der Waals surface area contributed by atoms with Crippen LogP contribution in [0.25, 0.3) is 0 Å². The van der Waals surface area contributed by atoms with Gasteiger partial charge in [-0.1, -0.05) is 35.5 Å². The van der Waals surface area contributed by atoms with Crippen LogP contribution in [0, 0.1) is 0 Å². The zero-order valence-electron chi connectivity index (χ0n) is 13.0. The Morgan fingerprint density at radius 1 is 1.13 bits per heavy atom. The number of hydrogen-bond acceptors (Lipinski definition) is 6. The van der Waals surface area contributed by atoms with Crippen molar-refractivity contribution >= 4 is 11.7 Å². The van der Waals surface area contributed by atoms with Gasteiger partial charge in [-0.05, 0) is 19.4 Å². The van der Waals surface area contributed by atoms with Crippen LogP contribution in [-0.4, -0.2) is 34.9 Å². The molecule has 0 saturated carbocycles. The largest absolute Gasteiger partial charge is 0.466 e. The lowest BCUT2D eigenvalue weighted by Crippen LogP contribution is -2.09. The molecule has 0 aliphatic carbocycles. The zero-order chi connectivity index (χ0) is 16.3. The van der Waals surface area contributed by atoms with E-state index < -0.39 is 0 Å². The number of carbonyl (C=O) groups excluding carboxylic acids is 1. The first-order valence-electron chi connectivity index (χ1n) is 7.49. The van der Waals surface area contributed by atoms with Gasteiger partial charge < -0.3 is 9.57 Å². The molecule has 0 unspecified atom stereocenters. The maximum atomic E-state index is 11.2. The van der Waals surface area contributed by atoms with Crippen LogP contribution in [0.5, 0.6) is 0 Å². The summed E-state index contributed by atoms with van der Waals surface area (Å²) in [5, 5.41) is 4.15. The molecule has 0 atom stereocenters. The number of nitrogens with zero attached hydrogens (tertiary/aromatic N) is 3. The number of ether oxygens (including phenoxy) is 1. The van der Waals surface area contributed by atoms with Crippen molar-refractivity contribution in [3.8, 4) is 0 Å². The predicted molar refractivity (Wildman–Crippen MR) is 85.9 cm³/mol. The van der Waals surface area contributed by atoms with Gasteiger partial charge in [-0.3, -0.25) is 4.79 Å². The number of rotatable bonds is 8. The zero-order valence-corrected chi connectivity index (χ0v) is 13.0. The van der Waals surface area contributed by atoms with Gasteiger partial charge in [0, 0.05) is 24.4 Å². The van der Waals surface area contributed by atoms with E-state index >= 15 is 0 Å². The molecule has 0 spiro atoms. The molecule has 2 rings (SSSR count). The molecule has 0 amide bonds. The summed E-state index contributed by atoms with van der Waals surface area (Å²) in [5.74, 6) is 0.263. The summed E-state index contributed by atoms with van der Waals surface area (Å²) in [4.78, 5) is 25.0. The highest BCUT2D eigenvalue weighted by Crippen LogP contribution is 2.07. The number of benzene rings is 1. The first kappa shape index (κ1) is 16.6. The predicted octanol–water partition coefficient (Wildman–Crippen LogP) is 2.59. The average Bonchev–Trinajstić information content (AvgIpc) is 2.60. The Morgan fingerprint density at radius 3 is 2.57 bits per heavy atom. The minimum absolute atomic E-state index is 0.227. The van der Waals surface area contributed by atoms with Gasteiger partial charge in [0.15, 0.2) is 11.5 Å². The first-order valence-corrected chi connectivity index (χ1v) is 7.49. The molecule has 1 aromatic carbocycles. The van der Waals surface area contributed by atoms with Crippen LogP contribution in [0.1, 0.15) is 31.2 Å². The quantitative estimate of drug-likeness (QED) is 0.324. The van der Waals surface area contributed by atoms with Crippen molar-refractivity contribution in [2.45, 2.75) is 19.8 Å². The van der Waals surface area contributed by atoms with Gasteiger partial charge in [-0.15, -0.1) is 0 Å². The number of carbonyl (C=O) groups is 1. The van der Waals surface area contributed by atoms with Crippen molar-refractivity contribution in [3.63, 3.8) is 0 Å². The number of aromatic nitrogens is 2. The normalized spacial score (nSPS) is 11.1. The summed E-state index contributed by atoms with van der Waals surface area (Å²) < 4.78 is 4.86. The Morgan fingerprint density at radius 2 is 1.87 bits per heavy atom. The summed E-state index contributed by atoms with van der Waals surface area (Å²) >= 11 is 0. The standard InChI is InChI=1S/C17H19N3O3/c1-2-22-15(21)10-6-13-23-20-16(14-8-4-3-5-9-14)17-18-11-7-12-19-17/h3-5,7-9,11-12H,2,6,10,13H2,1H3/b20-16-. The fraction of sp³-hybridized carbons (Fsp3) is 0.294. The smallest absolute Gasteiger partial charge is 0.305 e. The van der Waals surface area contributed by atoms with Crippen LogP contribution in [-0.2, 0) is 14.4 Å². The molecule has 120 valence electrons. The van der Waals surface area contributed by atoms with Gasteiger partial charge in [-0.2, -0.15) is 0 Å². The molecule has 2 aromatic rings. The van der Waals surface area contributed by atoms with Gasteiger partial charge in [-0.25, -0.2) is 9.97 Å². The summed E-state index contributed by atoms with van der Waals surface area (Å²) in [7, 11) is 0. The number of oxime groups is 1. The second kappa shape index (κ2) is 9.30. The molecular formula is C17H19N3O3. The highest BCUT2D eigenvalue weighted by atomic mass is 16.6. The van der Waals surface area contributed by atoms with Crippen molar-refractivity contribution in [2.24, 2.45) is 5.16 Å². The van der Waals surface area contributed by atoms with Crippen LogP contribution in [0.2, 0.25) is 0 Å². The van der Waals surface area contributed by atoms with Gasteiger partial charge in [0.25, 0.3) is 0 Å². The minimum Gasteiger partial charge on any atom is -0.466 e. The van der Waals surface area contributed by atoms with Crippen LogP contribution in [0.3, 0.4) is 0 Å². The average molecular weight is 313 g/mol. The molecule has 6 nitrogen and oxygen atoms in total. The monoisotopic (exact) mass is 313 g/mol. The Bertz CT molecular complexity index is 589. The number of esters is 1. The van der Waals surface area contributed by atoms with E-state index in [1.165, 1.54) is 0 Å². The van der Waals surface area contributed by atoms with Gasteiger partial charge in [0.05, 0.1) is 6.61 Å². The second-order valence-corrected chi connectivity index (χ2v) is 4.62. The summed E-state index contributed by atoms with van der Waals surface area (Å²) in [6, 6.07) is 11.3. The first-order chi connectivity index (χ1) is 11.3. The van der Waals surface area contributed by atoms with E-state index in [4.69, 9.17) is 9.57 Å². The third kappa shape index (κ3) is 5.50. The molecule has 0 N–H and O–H groups in total.